The van der Waals surface area contributed by atoms with Gasteiger partial charge >= 0.3 is 0 Å². The number of carbonyl (C=O) groups is 2. The fourth-order valence-electron chi connectivity index (χ4n) is 6.62. The number of likely N-dealkylation sites (tertiary alicyclic amines) is 2. The molecule has 6 rings (SSSR count). The highest BCUT2D eigenvalue weighted by Crippen LogP contribution is 2.37. The molecular formula is C32H35FN4O2S. The van der Waals surface area contributed by atoms with Gasteiger partial charge in [0.2, 0.25) is 5.91 Å². The van der Waals surface area contributed by atoms with Crippen molar-refractivity contribution in [3.05, 3.63) is 94.1 Å². The third-order valence-corrected chi connectivity index (χ3v) is 9.44. The number of benzene rings is 2. The average molecular weight is 559 g/mol. The van der Waals surface area contributed by atoms with Gasteiger partial charge in [-0.05, 0) is 90.0 Å². The molecule has 6 nitrogen and oxygen atoms in total. The molecule has 2 aliphatic heterocycles. The number of amides is 2. The summed E-state index contributed by atoms with van der Waals surface area (Å²) < 4.78 is 15.4. The number of rotatable bonds is 8. The molecule has 0 unspecified atom stereocenters. The van der Waals surface area contributed by atoms with E-state index in [4.69, 9.17) is 5.73 Å². The van der Waals surface area contributed by atoms with Gasteiger partial charge in [-0.2, -0.15) is 11.3 Å². The van der Waals surface area contributed by atoms with Gasteiger partial charge in [-0.25, -0.2) is 4.39 Å². The van der Waals surface area contributed by atoms with Crippen LogP contribution in [0.15, 0.2) is 71.6 Å². The Morgan fingerprint density at radius 3 is 2.50 bits per heavy atom. The number of halogens is 1. The van der Waals surface area contributed by atoms with Crippen molar-refractivity contribution in [2.24, 2.45) is 11.7 Å². The molecule has 2 aromatic heterocycles. The number of piperidine rings is 1. The number of thiophene rings is 1. The summed E-state index contributed by atoms with van der Waals surface area (Å²) in [6.45, 7) is 4.85. The molecule has 0 bridgehead atoms. The summed E-state index contributed by atoms with van der Waals surface area (Å²) in [5.41, 5.74) is 9.49. The predicted molar refractivity (Wildman–Crippen MR) is 157 cm³/mol. The first kappa shape index (κ1) is 26.7. The number of carbonyl (C=O) groups excluding carboxylic acids is 2. The fourth-order valence-corrected chi connectivity index (χ4v) is 7.35. The van der Waals surface area contributed by atoms with Crippen LogP contribution >= 0.6 is 11.3 Å². The Kier molecular flexibility index (Phi) is 7.71. The quantitative estimate of drug-likeness (QED) is 0.313. The number of para-hydroxylation sites is 1. The van der Waals surface area contributed by atoms with Gasteiger partial charge in [0.1, 0.15) is 5.82 Å². The van der Waals surface area contributed by atoms with Crippen molar-refractivity contribution in [3.63, 3.8) is 0 Å². The monoisotopic (exact) mass is 558 g/mol. The van der Waals surface area contributed by atoms with Crippen LogP contribution in [0.4, 0.5) is 4.39 Å². The van der Waals surface area contributed by atoms with Gasteiger partial charge in [0.15, 0.2) is 0 Å². The van der Waals surface area contributed by atoms with Crippen LogP contribution in [-0.4, -0.2) is 58.9 Å². The molecule has 2 atom stereocenters. The van der Waals surface area contributed by atoms with Gasteiger partial charge < -0.3 is 20.1 Å². The molecule has 4 heterocycles. The fraction of sp³-hybridized carbons (Fsp3) is 0.375. The molecular weight excluding hydrogens is 523 g/mol. The van der Waals surface area contributed by atoms with Crippen molar-refractivity contribution < 1.29 is 14.0 Å². The van der Waals surface area contributed by atoms with Gasteiger partial charge in [0.05, 0.1) is 11.1 Å². The van der Waals surface area contributed by atoms with Crippen molar-refractivity contribution >= 4 is 34.1 Å². The van der Waals surface area contributed by atoms with E-state index in [2.05, 4.69) is 21.7 Å². The van der Waals surface area contributed by atoms with E-state index < -0.39 is 0 Å². The Bertz CT molecular complexity index is 1470. The van der Waals surface area contributed by atoms with Gasteiger partial charge in [0, 0.05) is 50.1 Å². The summed E-state index contributed by atoms with van der Waals surface area (Å²) >= 11 is 1.71. The Labute approximate surface area is 238 Å². The molecule has 2 saturated heterocycles. The highest BCUT2D eigenvalue weighted by Gasteiger charge is 2.38. The molecule has 4 aromatic rings. The second-order valence-corrected chi connectivity index (χ2v) is 12.0. The second kappa shape index (κ2) is 11.6. The normalized spacial score (nSPS) is 20.4. The Morgan fingerprint density at radius 1 is 0.975 bits per heavy atom. The molecule has 2 amide bonds. The third kappa shape index (κ3) is 5.56. The number of fused-ring (bicyclic) bond motifs is 1. The minimum atomic E-state index is -0.353. The standard InChI is InChI=1S/C32H35FN4O2S/c33-27-6-4-22(5-7-27)23-8-13-35(14-9-23)18-26-19-37(20-29(26)25-12-17-40-21-25)32(39)28-3-1-2-24-10-15-36(31(24)28)16-11-30(34)38/h1-7,10,12,15,17,21,23,26,29H,8-9,11,13-14,16,18-20H2,(H2,34,38)/t26-,29+/m1/s1. The van der Waals surface area contributed by atoms with E-state index in [0.717, 1.165) is 49.9 Å². The van der Waals surface area contributed by atoms with Crippen molar-refractivity contribution in [2.75, 3.05) is 32.7 Å². The van der Waals surface area contributed by atoms with Crippen LogP contribution in [0.1, 0.15) is 52.6 Å². The maximum absolute atomic E-state index is 14.0. The van der Waals surface area contributed by atoms with E-state index >= 15 is 0 Å². The summed E-state index contributed by atoms with van der Waals surface area (Å²) in [5, 5.41) is 5.34. The summed E-state index contributed by atoms with van der Waals surface area (Å²) in [5.74, 6) is 0.622. The van der Waals surface area contributed by atoms with E-state index in [1.54, 1.807) is 23.5 Å². The SMILES string of the molecule is NC(=O)CCn1ccc2cccc(C(=O)N3C[C@@H](CN4CCC(c5ccc(F)cc5)CC4)[C@H](c4ccsc4)C3)c21. The molecule has 0 spiro atoms. The summed E-state index contributed by atoms with van der Waals surface area (Å²) in [6.07, 6.45) is 4.29. The first-order valence-electron chi connectivity index (χ1n) is 14.1. The molecule has 2 aliphatic rings. The van der Waals surface area contributed by atoms with Crippen LogP contribution in [0.25, 0.3) is 10.9 Å². The lowest BCUT2D eigenvalue weighted by Crippen LogP contribution is -2.38. The number of hydrogen-bond donors (Lipinski definition) is 1. The van der Waals surface area contributed by atoms with Crippen LogP contribution in [0.2, 0.25) is 0 Å². The van der Waals surface area contributed by atoms with E-state index in [0.29, 0.717) is 36.4 Å². The first-order valence-corrected chi connectivity index (χ1v) is 15.1. The lowest BCUT2D eigenvalue weighted by atomic mass is 9.87. The molecule has 208 valence electrons. The highest BCUT2D eigenvalue weighted by atomic mass is 32.1. The minimum absolute atomic E-state index is 0.0439. The first-order chi connectivity index (χ1) is 19.5. The zero-order valence-corrected chi connectivity index (χ0v) is 23.4. The van der Waals surface area contributed by atoms with Gasteiger partial charge in [-0.15, -0.1) is 0 Å². The second-order valence-electron chi connectivity index (χ2n) is 11.2. The molecule has 40 heavy (non-hydrogen) atoms. The van der Waals surface area contributed by atoms with Crippen molar-refractivity contribution in [3.8, 4) is 0 Å². The predicted octanol–water partition coefficient (Wildman–Crippen LogP) is 5.45. The number of aryl methyl sites for hydroxylation is 1. The van der Waals surface area contributed by atoms with Crippen LogP contribution in [0.3, 0.4) is 0 Å². The number of aromatic nitrogens is 1. The Balaban J connectivity index is 1.18. The van der Waals surface area contributed by atoms with Gasteiger partial charge in [0.25, 0.3) is 5.91 Å². The zero-order chi connectivity index (χ0) is 27.6. The van der Waals surface area contributed by atoms with E-state index in [9.17, 15) is 14.0 Å². The number of hydrogen-bond acceptors (Lipinski definition) is 4. The molecule has 2 fully saturated rings. The number of primary amides is 1. The maximum atomic E-state index is 14.0. The summed E-state index contributed by atoms with van der Waals surface area (Å²) in [6, 6.07) is 17.0. The number of nitrogens with two attached hydrogens (primary N) is 1. The molecule has 2 N–H and O–H groups in total. The lowest BCUT2D eigenvalue weighted by molar-refractivity contribution is -0.118. The van der Waals surface area contributed by atoms with Crippen molar-refractivity contribution in [1.82, 2.24) is 14.4 Å². The van der Waals surface area contributed by atoms with Crippen molar-refractivity contribution in [1.29, 1.82) is 0 Å². The molecule has 8 heteroatoms. The number of nitrogens with zero attached hydrogens (tertiary/aromatic N) is 3. The van der Waals surface area contributed by atoms with E-state index in [1.807, 2.05) is 52.1 Å². The van der Waals surface area contributed by atoms with Crippen LogP contribution < -0.4 is 5.73 Å². The Morgan fingerprint density at radius 2 is 1.77 bits per heavy atom. The maximum Gasteiger partial charge on any atom is 0.256 e. The minimum Gasteiger partial charge on any atom is -0.370 e. The highest BCUT2D eigenvalue weighted by molar-refractivity contribution is 7.08. The molecule has 0 aliphatic carbocycles. The molecule has 0 saturated carbocycles. The average Bonchev–Trinajstić information content (AvgIpc) is 3.72. The molecule has 0 radical (unpaired) electrons. The Hall–Kier alpha value is -3.49. The van der Waals surface area contributed by atoms with Crippen LogP contribution in [0, 0.1) is 11.7 Å². The summed E-state index contributed by atoms with van der Waals surface area (Å²) in [7, 11) is 0. The van der Waals surface area contributed by atoms with E-state index in [1.165, 1.54) is 11.1 Å². The third-order valence-electron chi connectivity index (χ3n) is 8.74. The van der Waals surface area contributed by atoms with Gasteiger partial charge in [-0.1, -0.05) is 24.3 Å². The largest absolute Gasteiger partial charge is 0.370 e. The topological polar surface area (TPSA) is 71.6 Å². The smallest absolute Gasteiger partial charge is 0.256 e. The van der Waals surface area contributed by atoms with Crippen LogP contribution in [-0.2, 0) is 11.3 Å². The zero-order valence-electron chi connectivity index (χ0n) is 22.5. The van der Waals surface area contributed by atoms with E-state index in [-0.39, 0.29) is 24.1 Å². The van der Waals surface area contributed by atoms with Gasteiger partial charge in [-0.3, -0.25) is 9.59 Å². The lowest BCUT2D eigenvalue weighted by Gasteiger charge is -2.34. The van der Waals surface area contributed by atoms with Crippen LogP contribution in [0.5, 0.6) is 0 Å². The summed E-state index contributed by atoms with van der Waals surface area (Å²) in [4.78, 5) is 30.0. The van der Waals surface area contributed by atoms with Crippen molar-refractivity contribution in [2.45, 2.75) is 37.6 Å². The molecule has 2 aromatic carbocycles.